The third kappa shape index (κ3) is 3.91. The van der Waals surface area contributed by atoms with Crippen molar-refractivity contribution in [1.82, 2.24) is 20.1 Å². The fourth-order valence-electron chi connectivity index (χ4n) is 4.20. The Morgan fingerprint density at radius 3 is 2.76 bits per heavy atom. The summed E-state index contributed by atoms with van der Waals surface area (Å²) in [6.07, 6.45) is 5.12. The second-order valence-electron chi connectivity index (χ2n) is 7.89. The van der Waals surface area contributed by atoms with E-state index in [1.54, 1.807) is 35.5 Å². The summed E-state index contributed by atoms with van der Waals surface area (Å²) >= 11 is 6.21. The maximum absolute atomic E-state index is 13.5. The summed E-state index contributed by atoms with van der Waals surface area (Å²) in [5, 5.41) is 18.3. The van der Waals surface area contributed by atoms with Crippen LogP contribution in [-0.4, -0.2) is 37.7 Å². The zero-order valence-electron chi connectivity index (χ0n) is 18.1. The van der Waals surface area contributed by atoms with Crippen LogP contribution in [-0.2, 0) is 6.54 Å². The summed E-state index contributed by atoms with van der Waals surface area (Å²) in [5.41, 5.74) is 3.79. The number of nitrogens with one attached hydrogen (secondary N) is 1. The molecule has 0 saturated carbocycles. The third-order valence-electron chi connectivity index (χ3n) is 5.72. The van der Waals surface area contributed by atoms with Crippen molar-refractivity contribution in [3.8, 4) is 22.8 Å². The number of phenols is 1. The number of aromatic nitrogens is 3. The van der Waals surface area contributed by atoms with Gasteiger partial charge >= 0.3 is 0 Å². The van der Waals surface area contributed by atoms with Crippen LogP contribution in [0, 0.1) is 0 Å². The number of H-pyrrole nitrogens is 1. The van der Waals surface area contributed by atoms with E-state index in [4.69, 9.17) is 16.3 Å². The van der Waals surface area contributed by atoms with Crippen LogP contribution in [0.4, 0.5) is 0 Å². The van der Waals surface area contributed by atoms with Gasteiger partial charge in [-0.3, -0.25) is 14.9 Å². The van der Waals surface area contributed by atoms with Crippen LogP contribution in [0.3, 0.4) is 0 Å². The summed E-state index contributed by atoms with van der Waals surface area (Å²) in [7, 11) is 0. The number of amides is 1. The zero-order valence-corrected chi connectivity index (χ0v) is 18.9. The fourth-order valence-corrected chi connectivity index (χ4v) is 4.37. The number of nitrogens with zero attached hydrogens (tertiary/aromatic N) is 3. The number of aromatic amines is 1. The van der Waals surface area contributed by atoms with E-state index in [0.717, 1.165) is 11.1 Å². The fraction of sp³-hybridized carbons (Fsp3) is 0.115. The van der Waals surface area contributed by atoms with Crippen molar-refractivity contribution in [3.05, 3.63) is 107 Å². The number of hydrogen-bond donors (Lipinski definition) is 2. The predicted molar refractivity (Wildman–Crippen MR) is 129 cm³/mol. The maximum atomic E-state index is 13.5. The molecule has 0 saturated heterocycles. The summed E-state index contributed by atoms with van der Waals surface area (Å²) in [6, 6.07) is 15.7. The minimum absolute atomic E-state index is 0.0313. The van der Waals surface area contributed by atoms with Crippen molar-refractivity contribution in [2.45, 2.75) is 12.6 Å². The summed E-state index contributed by atoms with van der Waals surface area (Å²) in [6.45, 7) is 4.43. The molecule has 0 aliphatic carbocycles. The molecule has 0 fully saturated rings. The van der Waals surface area contributed by atoms with Crippen molar-refractivity contribution < 1.29 is 14.6 Å². The number of hydrogen-bond acceptors (Lipinski definition) is 5. The Morgan fingerprint density at radius 1 is 1.21 bits per heavy atom. The first-order chi connectivity index (χ1) is 16.6. The van der Waals surface area contributed by atoms with E-state index in [-0.39, 0.29) is 11.7 Å². The number of fused-ring (bicyclic) bond motifs is 1. The Hall–Kier alpha value is -4.10. The lowest BCUT2D eigenvalue weighted by Gasteiger charge is -2.26. The van der Waals surface area contributed by atoms with Gasteiger partial charge in [-0.15, -0.1) is 0 Å². The molecule has 2 aromatic carbocycles. The Kier molecular flexibility index (Phi) is 5.77. The van der Waals surface area contributed by atoms with Crippen LogP contribution in [0.15, 0.2) is 79.6 Å². The Bertz CT molecular complexity index is 1350. The Balaban J connectivity index is 1.62. The van der Waals surface area contributed by atoms with Crippen LogP contribution in [0.2, 0.25) is 5.02 Å². The van der Waals surface area contributed by atoms with Crippen molar-refractivity contribution in [2.75, 3.05) is 6.61 Å². The molecule has 1 amide bonds. The standard InChI is InChI=1S/C26H21ClN4O3/c1-2-12-34-19-8-5-17(6-9-19)25-22-23(20-13-18(27)7-10-21(20)32)29-30-24(22)26(33)31(25)15-16-4-3-11-28-14-16/h2-11,13-14,25,32H,1,12,15H2,(H,29,30). The van der Waals surface area contributed by atoms with Gasteiger partial charge in [-0.1, -0.05) is 42.5 Å². The number of ether oxygens (including phenoxy) is 1. The molecular formula is C26H21ClN4O3. The van der Waals surface area contributed by atoms with Gasteiger partial charge < -0.3 is 14.7 Å². The van der Waals surface area contributed by atoms with Crippen LogP contribution in [0.25, 0.3) is 11.3 Å². The van der Waals surface area contributed by atoms with Crippen LogP contribution in [0.1, 0.15) is 33.2 Å². The molecule has 0 spiro atoms. The van der Waals surface area contributed by atoms with E-state index < -0.39 is 6.04 Å². The van der Waals surface area contributed by atoms with Gasteiger partial charge in [0.15, 0.2) is 0 Å². The summed E-state index contributed by atoms with van der Waals surface area (Å²) < 4.78 is 5.62. The molecule has 2 N–H and O–H groups in total. The predicted octanol–water partition coefficient (Wildman–Crippen LogP) is 5.14. The van der Waals surface area contributed by atoms with Crippen molar-refractivity contribution in [1.29, 1.82) is 0 Å². The molecule has 8 heteroatoms. The first kappa shape index (κ1) is 21.7. The third-order valence-corrected chi connectivity index (χ3v) is 5.95. The smallest absolute Gasteiger partial charge is 0.273 e. The number of pyridine rings is 1. The second-order valence-corrected chi connectivity index (χ2v) is 8.32. The van der Waals surface area contributed by atoms with Gasteiger partial charge in [0.1, 0.15) is 29.5 Å². The monoisotopic (exact) mass is 472 g/mol. The maximum Gasteiger partial charge on any atom is 0.273 e. The van der Waals surface area contributed by atoms with Gasteiger partial charge in [-0.2, -0.15) is 5.10 Å². The Labute approximate surface area is 201 Å². The second kappa shape index (κ2) is 9.03. The molecule has 2 aromatic heterocycles. The SMILES string of the molecule is C=CCOc1ccc(C2c3c(-c4cc(Cl)ccc4O)n[nH]c3C(=O)N2Cc2cccnc2)cc1. The molecular weight excluding hydrogens is 452 g/mol. The quantitative estimate of drug-likeness (QED) is 0.363. The lowest BCUT2D eigenvalue weighted by molar-refractivity contribution is 0.0730. The van der Waals surface area contributed by atoms with Gasteiger partial charge in [0.25, 0.3) is 5.91 Å². The molecule has 7 nitrogen and oxygen atoms in total. The number of carbonyl (C=O) groups excluding carboxylic acids is 1. The summed E-state index contributed by atoms with van der Waals surface area (Å²) in [4.78, 5) is 19.5. The molecule has 5 rings (SSSR count). The first-order valence-electron chi connectivity index (χ1n) is 10.7. The van der Waals surface area contributed by atoms with E-state index in [0.29, 0.717) is 46.4 Å². The summed E-state index contributed by atoms with van der Waals surface area (Å²) in [5.74, 6) is 0.548. The number of carbonyl (C=O) groups is 1. The molecule has 4 aromatic rings. The highest BCUT2D eigenvalue weighted by atomic mass is 35.5. The topological polar surface area (TPSA) is 91.3 Å². The molecule has 3 heterocycles. The van der Waals surface area contributed by atoms with Crippen molar-refractivity contribution in [2.24, 2.45) is 0 Å². The molecule has 1 atom stereocenters. The van der Waals surface area contributed by atoms with Crippen molar-refractivity contribution >= 4 is 17.5 Å². The normalized spacial score (nSPS) is 14.8. The highest BCUT2D eigenvalue weighted by molar-refractivity contribution is 6.31. The number of phenolic OH excluding ortho intramolecular Hbond substituents is 1. The van der Waals surface area contributed by atoms with Crippen LogP contribution < -0.4 is 4.74 Å². The highest BCUT2D eigenvalue weighted by Gasteiger charge is 2.42. The number of halogens is 1. The zero-order chi connectivity index (χ0) is 23.7. The lowest BCUT2D eigenvalue weighted by Crippen LogP contribution is -2.29. The first-order valence-corrected chi connectivity index (χ1v) is 11.0. The van der Waals surface area contributed by atoms with E-state index in [2.05, 4.69) is 21.8 Å². The molecule has 1 aliphatic heterocycles. The van der Waals surface area contributed by atoms with Gasteiger partial charge in [0.05, 0.1) is 6.04 Å². The average molecular weight is 473 g/mol. The number of benzene rings is 2. The van der Waals surface area contributed by atoms with E-state index in [1.165, 1.54) is 6.07 Å². The molecule has 1 unspecified atom stereocenters. The lowest BCUT2D eigenvalue weighted by atomic mass is 9.95. The van der Waals surface area contributed by atoms with Gasteiger partial charge in [-0.25, -0.2) is 0 Å². The molecule has 0 radical (unpaired) electrons. The highest BCUT2D eigenvalue weighted by Crippen LogP contribution is 2.45. The number of rotatable bonds is 7. The van der Waals surface area contributed by atoms with Gasteiger partial charge in [-0.05, 0) is 47.5 Å². The minimum Gasteiger partial charge on any atom is -0.507 e. The van der Waals surface area contributed by atoms with Gasteiger partial charge in [0.2, 0.25) is 0 Å². The largest absolute Gasteiger partial charge is 0.507 e. The van der Waals surface area contributed by atoms with Crippen LogP contribution in [0.5, 0.6) is 11.5 Å². The molecule has 0 bridgehead atoms. The van der Waals surface area contributed by atoms with Crippen molar-refractivity contribution in [3.63, 3.8) is 0 Å². The average Bonchev–Trinajstić information content (AvgIpc) is 3.39. The molecule has 1 aliphatic rings. The molecule has 170 valence electrons. The Morgan fingerprint density at radius 2 is 2.03 bits per heavy atom. The van der Waals surface area contributed by atoms with Gasteiger partial charge in [0, 0.05) is 35.1 Å². The van der Waals surface area contributed by atoms with Crippen LogP contribution >= 0.6 is 11.6 Å². The van der Waals surface area contributed by atoms with E-state index in [1.807, 2.05) is 36.4 Å². The minimum atomic E-state index is -0.441. The van der Waals surface area contributed by atoms with E-state index >= 15 is 0 Å². The number of aromatic hydroxyl groups is 1. The molecule has 34 heavy (non-hydrogen) atoms. The van der Waals surface area contributed by atoms with E-state index in [9.17, 15) is 9.90 Å².